The van der Waals surface area contributed by atoms with Crippen molar-refractivity contribution in [1.29, 1.82) is 0 Å². The van der Waals surface area contributed by atoms with Crippen LogP contribution >= 0.6 is 11.6 Å². The molecule has 0 aromatic heterocycles. The maximum Gasteiger partial charge on any atom is 0.140 e. The van der Waals surface area contributed by atoms with E-state index >= 15 is 0 Å². The van der Waals surface area contributed by atoms with Gasteiger partial charge in [0, 0.05) is 17.1 Å². The zero-order valence-corrected chi connectivity index (χ0v) is 14.8. The predicted octanol–water partition coefficient (Wildman–Crippen LogP) is 4.58. The van der Waals surface area contributed by atoms with Crippen LogP contribution in [0.5, 0.6) is 0 Å². The van der Waals surface area contributed by atoms with Crippen LogP contribution in [0, 0.1) is 0 Å². The highest BCUT2D eigenvalue weighted by Gasteiger charge is 2.15. The highest BCUT2D eigenvalue weighted by molar-refractivity contribution is 6.30. The number of allylic oxidation sites excluding steroid dienone is 3. The number of methoxy groups -OCH3 is 1. The normalized spacial score (nSPS) is 16.8. The van der Waals surface area contributed by atoms with Gasteiger partial charge >= 0.3 is 0 Å². The summed E-state index contributed by atoms with van der Waals surface area (Å²) >= 11 is 6.01. The van der Waals surface area contributed by atoms with Gasteiger partial charge in [0.05, 0.1) is 25.6 Å². The summed E-state index contributed by atoms with van der Waals surface area (Å²) in [5.74, 6) is 0.775. The second kappa shape index (κ2) is 8.99. The molecule has 5 heteroatoms. The fourth-order valence-corrected chi connectivity index (χ4v) is 2.45. The molecule has 0 saturated heterocycles. The van der Waals surface area contributed by atoms with E-state index in [0.717, 1.165) is 34.2 Å². The van der Waals surface area contributed by atoms with Crippen molar-refractivity contribution in [2.45, 2.75) is 19.9 Å². The van der Waals surface area contributed by atoms with Gasteiger partial charge in [0.1, 0.15) is 5.84 Å². The number of amidine groups is 1. The van der Waals surface area contributed by atoms with Crippen molar-refractivity contribution in [2.24, 2.45) is 4.99 Å². The number of aliphatic imine (C=N–C) groups is 1. The third-order valence-corrected chi connectivity index (χ3v) is 3.68. The molecule has 1 heterocycles. The van der Waals surface area contributed by atoms with Crippen LogP contribution in [0.25, 0.3) is 0 Å². The molecule has 0 unspecified atom stereocenters. The summed E-state index contributed by atoms with van der Waals surface area (Å²) in [4.78, 5) is 4.60. The van der Waals surface area contributed by atoms with E-state index in [2.05, 4.69) is 17.0 Å². The molecule has 0 bridgehead atoms. The van der Waals surface area contributed by atoms with Gasteiger partial charge in [-0.1, -0.05) is 36.4 Å². The molecule has 4 nitrogen and oxygen atoms in total. The summed E-state index contributed by atoms with van der Waals surface area (Å²) in [6.45, 7) is 6.61. The molecule has 1 aromatic carbocycles. The molecular formula is C19H22ClN3O. The Hall–Kier alpha value is -2.46. The summed E-state index contributed by atoms with van der Waals surface area (Å²) < 4.78 is 4.95. The highest BCUT2D eigenvalue weighted by Crippen LogP contribution is 2.18. The Labute approximate surface area is 148 Å². The van der Waals surface area contributed by atoms with Gasteiger partial charge in [0.15, 0.2) is 0 Å². The molecule has 1 N–H and O–H groups in total. The number of rotatable bonds is 6. The molecule has 0 atom stereocenters. The van der Waals surface area contributed by atoms with E-state index in [1.165, 1.54) is 0 Å². The minimum atomic E-state index is 0.558. The van der Waals surface area contributed by atoms with Gasteiger partial charge in [-0.15, -0.1) is 0 Å². The standard InChI is InChI=1S/C19H22ClN3O/c1-4-18(9-6-12-24-3)23-15(2)10-11-19(22-23)21-14-16-7-5-8-17(20)13-16/h4-8,10-13H,2,9,14H2,1,3H3,(H,21,22)/b12-6+,18-4-. The average molecular weight is 344 g/mol. The molecule has 2 rings (SSSR count). The van der Waals surface area contributed by atoms with Gasteiger partial charge in [-0.05, 0) is 42.8 Å². The van der Waals surface area contributed by atoms with Crippen molar-refractivity contribution in [1.82, 2.24) is 10.4 Å². The number of nitrogens with one attached hydrogen (secondary N) is 1. The summed E-state index contributed by atoms with van der Waals surface area (Å²) in [5, 5.41) is 2.65. The number of hydrogen-bond donors (Lipinski definition) is 1. The Kier molecular flexibility index (Phi) is 6.70. The number of ether oxygens (including phenoxy) is 1. The SMILES string of the molecule is C=C1C=CC(=NCc2cccc(Cl)c2)NN1/C(=C\C)C/C=C/OC. The number of hydrazine groups is 1. The fraction of sp³-hybridized carbons (Fsp3) is 0.211. The van der Waals surface area contributed by atoms with Crippen LogP contribution < -0.4 is 5.43 Å². The average Bonchev–Trinajstić information content (AvgIpc) is 2.58. The van der Waals surface area contributed by atoms with E-state index in [1.807, 2.05) is 60.5 Å². The topological polar surface area (TPSA) is 36.9 Å². The molecular weight excluding hydrogens is 322 g/mol. The molecule has 126 valence electrons. The lowest BCUT2D eigenvalue weighted by atomic mass is 10.2. The molecule has 0 aliphatic carbocycles. The maximum atomic E-state index is 6.01. The third-order valence-electron chi connectivity index (χ3n) is 3.45. The number of halogens is 1. The molecule has 0 spiro atoms. The van der Waals surface area contributed by atoms with E-state index < -0.39 is 0 Å². The Morgan fingerprint density at radius 3 is 2.96 bits per heavy atom. The summed E-state index contributed by atoms with van der Waals surface area (Å²) in [7, 11) is 1.63. The Balaban J connectivity index is 2.08. The molecule has 1 aliphatic heterocycles. The predicted molar refractivity (Wildman–Crippen MR) is 100 cm³/mol. The minimum absolute atomic E-state index is 0.558. The van der Waals surface area contributed by atoms with Crippen LogP contribution in [-0.2, 0) is 11.3 Å². The lowest BCUT2D eigenvalue weighted by molar-refractivity contribution is 0.334. The summed E-state index contributed by atoms with van der Waals surface area (Å²) in [5.41, 5.74) is 6.27. The van der Waals surface area contributed by atoms with E-state index in [4.69, 9.17) is 16.3 Å². The first kappa shape index (κ1) is 17.9. The van der Waals surface area contributed by atoms with Crippen molar-refractivity contribution in [2.75, 3.05) is 7.11 Å². The zero-order valence-electron chi connectivity index (χ0n) is 14.0. The molecule has 1 aromatic rings. The van der Waals surface area contributed by atoms with Crippen molar-refractivity contribution in [3.8, 4) is 0 Å². The van der Waals surface area contributed by atoms with Crippen molar-refractivity contribution in [3.05, 3.63) is 83.4 Å². The number of nitrogens with zero attached hydrogens (tertiary/aromatic N) is 2. The minimum Gasteiger partial charge on any atom is -0.505 e. The Morgan fingerprint density at radius 1 is 1.42 bits per heavy atom. The lowest BCUT2D eigenvalue weighted by Crippen LogP contribution is -2.42. The quantitative estimate of drug-likeness (QED) is 0.768. The van der Waals surface area contributed by atoms with Gasteiger partial charge in [0.25, 0.3) is 0 Å². The van der Waals surface area contributed by atoms with Crippen LogP contribution in [0.3, 0.4) is 0 Å². The van der Waals surface area contributed by atoms with Crippen molar-refractivity contribution >= 4 is 17.4 Å². The third kappa shape index (κ3) is 5.03. The van der Waals surface area contributed by atoms with Crippen molar-refractivity contribution < 1.29 is 4.74 Å². The maximum absolute atomic E-state index is 6.01. The van der Waals surface area contributed by atoms with E-state index in [-0.39, 0.29) is 0 Å². The van der Waals surface area contributed by atoms with Crippen LogP contribution in [0.2, 0.25) is 5.02 Å². The van der Waals surface area contributed by atoms with E-state index in [0.29, 0.717) is 6.54 Å². The molecule has 0 radical (unpaired) electrons. The van der Waals surface area contributed by atoms with Gasteiger partial charge in [-0.2, -0.15) is 0 Å². The van der Waals surface area contributed by atoms with Gasteiger partial charge < -0.3 is 4.74 Å². The van der Waals surface area contributed by atoms with Crippen LogP contribution in [0.1, 0.15) is 18.9 Å². The highest BCUT2D eigenvalue weighted by atomic mass is 35.5. The molecule has 24 heavy (non-hydrogen) atoms. The Bertz CT molecular complexity index is 704. The van der Waals surface area contributed by atoms with Crippen LogP contribution in [-0.4, -0.2) is 18.0 Å². The first-order valence-corrected chi connectivity index (χ1v) is 8.07. The molecule has 1 aliphatic rings. The first-order chi connectivity index (χ1) is 11.6. The summed E-state index contributed by atoms with van der Waals surface area (Å²) in [6.07, 6.45) is 10.2. The van der Waals surface area contributed by atoms with Gasteiger partial charge in [-0.25, -0.2) is 0 Å². The molecule has 0 fully saturated rings. The Morgan fingerprint density at radius 2 is 2.25 bits per heavy atom. The molecule has 0 saturated carbocycles. The number of hydrogen-bond acceptors (Lipinski definition) is 3. The fourth-order valence-electron chi connectivity index (χ4n) is 2.23. The lowest BCUT2D eigenvalue weighted by Gasteiger charge is -2.31. The zero-order chi connectivity index (χ0) is 17.4. The van der Waals surface area contributed by atoms with Crippen molar-refractivity contribution in [3.63, 3.8) is 0 Å². The second-order valence-corrected chi connectivity index (χ2v) is 5.63. The smallest absolute Gasteiger partial charge is 0.140 e. The largest absolute Gasteiger partial charge is 0.505 e. The van der Waals surface area contributed by atoms with E-state index in [9.17, 15) is 0 Å². The van der Waals surface area contributed by atoms with Gasteiger partial charge in [0.2, 0.25) is 0 Å². The van der Waals surface area contributed by atoms with E-state index in [1.54, 1.807) is 13.4 Å². The number of benzene rings is 1. The van der Waals surface area contributed by atoms with Crippen LogP contribution in [0.15, 0.2) is 77.8 Å². The monoisotopic (exact) mass is 343 g/mol. The summed E-state index contributed by atoms with van der Waals surface area (Å²) in [6, 6.07) is 7.71. The second-order valence-electron chi connectivity index (χ2n) is 5.19. The van der Waals surface area contributed by atoms with Gasteiger partial charge in [-0.3, -0.25) is 15.4 Å². The first-order valence-electron chi connectivity index (χ1n) is 7.69. The molecule has 0 amide bonds. The van der Waals surface area contributed by atoms with Crippen LogP contribution in [0.4, 0.5) is 0 Å².